The first-order valence-corrected chi connectivity index (χ1v) is 5.90. The van der Waals surface area contributed by atoms with Crippen molar-refractivity contribution in [2.45, 2.75) is 0 Å². The molecule has 0 radical (unpaired) electrons. The molecule has 2 rings (SSSR count). The van der Waals surface area contributed by atoms with E-state index in [1.165, 1.54) is 0 Å². The summed E-state index contributed by atoms with van der Waals surface area (Å²) < 4.78 is 0. The molecule has 0 spiro atoms. The predicted octanol–water partition coefficient (Wildman–Crippen LogP) is 1.80. The molecule has 1 heterocycles. The lowest BCUT2D eigenvalue weighted by molar-refractivity contribution is -0.132. The molecule has 0 bridgehead atoms. The average Bonchev–Trinajstić information content (AvgIpc) is 2.27. The average molecular weight is 252 g/mol. The van der Waals surface area contributed by atoms with Crippen LogP contribution in [0.2, 0.25) is 5.02 Å². The van der Waals surface area contributed by atoms with Crippen LogP contribution in [0.5, 0.6) is 0 Å². The van der Waals surface area contributed by atoms with Crippen molar-refractivity contribution >= 4 is 23.6 Å². The fourth-order valence-corrected chi connectivity index (χ4v) is 1.84. The van der Waals surface area contributed by atoms with Gasteiger partial charge in [0, 0.05) is 36.7 Å². The highest BCUT2D eigenvalue weighted by Crippen LogP contribution is 2.15. The van der Waals surface area contributed by atoms with Crippen LogP contribution >= 0.6 is 11.6 Å². The molecule has 17 heavy (non-hydrogen) atoms. The van der Waals surface area contributed by atoms with E-state index >= 15 is 0 Å². The highest BCUT2D eigenvalue weighted by Gasteiger charge is 2.28. The molecule has 0 atom stereocenters. The van der Waals surface area contributed by atoms with E-state index in [0.29, 0.717) is 18.1 Å². The summed E-state index contributed by atoms with van der Waals surface area (Å²) in [4.78, 5) is 13.4. The summed E-state index contributed by atoms with van der Waals surface area (Å²) in [7, 11) is 0. The topological polar surface area (TPSA) is 40.5 Å². The van der Waals surface area contributed by atoms with Gasteiger partial charge in [-0.05, 0) is 23.8 Å². The van der Waals surface area contributed by atoms with Crippen molar-refractivity contribution in [2.75, 3.05) is 19.7 Å². The van der Waals surface area contributed by atoms with Crippen LogP contribution in [-0.4, -0.2) is 35.6 Å². The quantitative estimate of drug-likeness (QED) is 0.833. The molecule has 1 N–H and O–H groups in total. The number of amides is 1. The smallest absolute Gasteiger partial charge is 0.246 e. The van der Waals surface area contributed by atoms with Crippen LogP contribution in [0.25, 0.3) is 6.08 Å². The Morgan fingerprint density at radius 3 is 2.65 bits per heavy atom. The molecule has 0 unspecified atom stereocenters. The highest BCUT2D eigenvalue weighted by atomic mass is 35.5. The van der Waals surface area contributed by atoms with E-state index in [-0.39, 0.29) is 18.4 Å². The van der Waals surface area contributed by atoms with Gasteiger partial charge in [-0.1, -0.05) is 23.7 Å². The van der Waals surface area contributed by atoms with E-state index in [0.717, 1.165) is 5.56 Å². The first-order valence-electron chi connectivity index (χ1n) is 5.52. The van der Waals surface area contributed by atoms with E-state index in [1.807, 2.05) is 12.1 Å². The largest absolute Gasteiger partial charge is 0.396 e. The molecule has 1 amide bonds. The Hall–Kier alpha value is -1.32. The third-order valence-corrected chi connectivity index (χ3v) is 3.07. The van der Waals surface area contributed by atoms with Crippen molar-refractivity contribution < 1.29 is 9.90 Å². The number of nitrogens with zero attached hydrogens (tertiary/aromatic N) is 1. The Kier molecular flexibility index (Phi) is 3.82. The second-order valence-electron chi connectivity index (χ2n) is 4.18. The minimum Gasteiger partial charge on any atom is -0.396 e. The van der Waals surface area contributed by atoms with E-state index in [1.54, 1.807) is 29.2 Å². The van der Waals surface area contributed by atoms with Gasteiger partial charge in [0.1, 0.15) is 0 Å². The second-order valence-corrected chi connectivity index (χ2v) is 4.61. The standard InChI is InChI=1S/C13H14ClNO2/c14-12-4-1-10(2-5-12)3-6-13(17)15-7-11(8-15)9-16/h1-6,11,16H,7-9H2. The molecule has 0 aliphatic carbocycles. The molecule has 1 aliphatic heterocycles. The van der Waals surface area contributed by atoms with Gasteiger partial charge >= 0.3 is 0 Å². The van der Waals surface area contributed by atoms with Crippen molar-refractivity contribution in [1.82, 2.24) is 4.90 Å². The Morgan fingerprint density at radius 1 is 1.41 bits per heavy atom. The van der Waals surface area contributed by atoms with Gasteiger partial charge < -0.3 is 10.0 Å². The predicted molar refractivity (Wildman–Crippen MR) is 67.6 cm³/mol. The van der Waals surface area contributed by atoms with Crippen LogP contribution in [-0.2, 0) is 4.79 Å². The van der Waals surface area contributed by atoms with Crippen LogP contribution in [0.3, 0.4) is 0 Å². The molecule has 1 fully saturated rings. The third kappa shape index (κ3) is 3.08. The van der Waals surface area contributed by atoms with Gasteiger partial charge in [0.25, 0.3) is 0 Å². The van der Waals surface area contributed by atoms with Gasteiger partial charge in [-0.2, -0.15) is 0 Å². The Bertz CT molecular complexity index is 422. The first kappa shape index (κ1) is 12.1. The van der Waals surface area contributed by atoms with Gasteiger partial charge in [0.2, 0.25) is 5.91 Å². The van der Waals surface area contributed by atoms with Crippen LogP contribution in [0.4, 0.5) is 0 Å². The molecule has 90 valence electrons. The normalized spacial score (nSPS) is 16.2. The van der Waals surface area contributed by atoms with Gasteiger partial charge in [-0.15, -0.1) is 0 Å². The Balaban J connectivity index is 1.88. The maximum atomic E-state index is 11.7. The summed E-state index contributed by atoms with van der Waals surface area (Å²) >= 11 is 5.77. The maximum Gasteiger partial charge on any atom is 0.246 e. The van der Waals surface area contributed by atoms with Crippen molar-refractivity contribution in [3.63, 3.8) is 0 Å². The van der Waals surface area contributed by atoms with Crippen LogP contribution in [0.15, 0.2) is 30.3 Å². The number of aliphatic hydroxyl groups excluding tert-OH is 1. The zero-order valence-electron chi connectivity index (χ0n) is 9.34. The van der Waals surface area contributed by atoms with Gasteiger partial charge in [-0.3, -0.25) is 4.79 Å². The Morgan fingerprint density at radius 2 is 2.06 bits per heavy atom. The van der Waals surface area contributed by atoms with Crippen LogP contribution in [0.1, 0.15) is 5.56 Å². The van der Waals surface area contributed by atoms with Crippen LogP contribution < -0.4 is 0 Å². The van der Waals surface area contributed by atoms with Crippen molar-refractivity contribution in [1.29, 1.82) is 0 Å². The number of rotatable bonds is 3. The number of carbonyl (C=O) groups is 1. The summed E-state index contributed by atoms with van der Waals surface area (Å²) in [6, 6.07) is 7.30. The molecule has 3 nitrogen and oxygen atoms in total. The van der Waals surface area contributed by atoms with Gasteiger partial charge in [0.05, 0.1) is 0 Å². The van der Waals surface area contributed by atoms with E-state index in [2.05, 4.69) is 0 Å². The molecule has 1 aliphatic rings. The van der Waals surface area contributed by atoms with Gasteiger partial charge in [0.15, 0.2) is 0 Å². The molecule has 0 saturated carbocycles. The molecular formula is C13H14ClNO2. The molecule has 1 saturated heterocycles. The number of hydrogen-bond donors (Lipinski definition) is 1. The highest BCUT2D eigenvalue weighted by molar-refractivity contribution is 6.30. The number of halogens is 1. The number of hydrogen-bond acceptors (Lipinski definition) is 2. The zero-order chi connectivity index (χ0) is 12.3. The number of benzene rings is 1. The number of carbonyl (C=O) groups excluding carboxylic acids is 1. The summed E-state index contributed by atoms with van der Waals surface area (Å²) in [5.74, 6) is 0.243. The summed E-state index contributed by atoms with van der Waals surface area (Å²) in [6.07, 6.45) is 3.32. The zero-order valence-corrected chi connectivity index (χ0v) is 10.1. The fraction of sp³-hybridized carbons (Fsp3) is 0.308. The van der Waals surface area contributed by atoms with E-state index in [9.17, 15) is 4.79 Å². The van der Waals surface area contributed by atoms with E-state index < -0.39 is 0 Å². The number of aliphatic hydroxyl groups is 1. The third-order valence-electron chi connectivity index (χ3n) is 2.82. The molecular weight excluding hydrogens is 238 g/mol. The lowest BCUT2D eigenvalue weighted by atomic mass is 10.0. The van der Waals surface area contributed by atoms with E-state index in [4.69, 9.17) is 16.7 Å². The van der Waals surface area contributed by atoms with Crippen molar-refractivity contribution in [2.24, 2.45) is 5.92 Å². The SMILES string of the molecule is O=C(C=Cc1ccc(Cl)cc1)N1CC(CO)C1. The molecule has 0 aromatic heterocycles. The summed E-state index contributed by atoms with van der Waals surface area (Å²) in [5.41, 5.74) is 0.946. The maximum absolute atomic E-state index is 11.7. The Labute approximate surface area is 105 Å². The lowest BCUT2D eigenvalue weighted by Gasteiger charge is -2.37. The fourth-order valence-electron chi connectivity index (χ4n) is 1.71. The number of likely N-dealkylation sites (tertiary alicyclic amines) is 1. The minimum absolute atomic E-state index is 0.00958. The second kappa shape index (κ2) is 5.34. The monoisotopic (exact) mass is 251 g/mol. The van der Waals surface area contributed by atoms with Gasteiger partial charge in [-0.25, -0.2) is 0 Å². The van der Waals surface area contributed by atoms with Crippen molar-refractivity contribution in [3.05, 3.63) is 40.9 Å². The summed E-state index contributed by atoms with van der Waals surface area (Å²) in [5, 5.41) is 9.53. The van der Waals surface area contributed by atoms with Crippen molar-refractivity contribution in [3.8, 4) is 0 Å². The lowest BCUT2D eigenvalue weighted by Crippen LogP contribution is -2.50. The molecule has 4 heteroatoms. The molecule has 1 aromatic rings. The molecule has 1 aromatic carbocycles. The van der Waals surface area contributed by atoms with Crippen LogP contribution in [0, 0.1) is 5.92 Å². The minimum atomic E-state index is -0.00958. The summed E-state index contributed by atoms with van der Waals surface area (Å²) in [6.45, 7) is 1.46. The first-order chi connectivity index (χ1) is 8.19.